The van der Waals surface area contributed by atoms with Gasteiger partial charge in [0.25, 0.3) is 0 Å². The van der Waals surface area contributed by atoms with Crippen molar-refractivity contribution in [2.45, 2.75) is 95.3 Å². The number of aryl methyl sites for hydroxylation is 2. The van der Waals surface area contributed by atoms with E-state index < -0.39 is 0 Å². The molecule has 43 heavy (non-hydrogen) atoms. The Kier molecular flexibility index (Phi) is 7.47. The lowest BCUT2D eigenvalue weighted by atomic mass is 9.80. The Morgan fingerprint density at radius 2 is 0.884 bits per heavy atom. The molecular formula is C41H44O2. The molecule has 0 N–H and O–H groups in total. The van der Waals surface area contributed by atoms with Gasteiger partial charge >= 0.3 is 0 Å². The molecule has 1 fully saturated rings. The molecule has 8 rings (SSSR count). The highest BCUT2D eigenvalue weighted by Crippen LogP contribution is 2.48. The molecule has 2 heteroatoms. The van der Waals surface area contributed by atoms with Crippen LogP contribution in [-0.4, -0.2) is 13.2 Å². The van der Waals surface area contributed by atoms with Gasteiger partial charge in [0.15, 0.2) is 0 Å². The SMILES string of the molecule is c1cc(C2CCCCC2)ccc1-c1ccc(C2COc3ccc4c(c3-c3c(ccc5c3CCCC5)OC2)CCCC4)cc1. The Morgan fingerprint density at radius 1 is 0.419 bits per heavy atom. The van der Waals surface area contributed by atoms with Crippen LogP contribution in [-0.2, 0) is 25.7 Å². The predicted octanol–water partition coefficient (Wildman–Crippen LogP) is 10.4. The maximum atomic E-state index is 6.80. The van der Waals surface area contributed by atoms with Gasteiger partial charge in [-0.05, 0) is 127 Å². The van der Waals surface area contributed by atoms with E-state index in [9.17, 15) is 0 Å². The van der Waals surface area contributed by atoms with Crippen molar-refractivity contribution in [2.24, 2.45) is 0 Å². The minimum Gasteiger partial charge on any atom is -0.492 e. The summed E-state index contributed by atoms with van der Waals surface area (Å²) >= 11 is 0. The minimum atomic E-state index is 0.161. The van der Waals surface area contributed by atoms with Crippen LogP contribution in [0.3, 0.4) is 0 Å². The molecule has 0 amide bonds. The zero-order valence-corrected chi connectivity index (χ0v) is 25.5. The molecule has 0 spiro atoms. The Bertz CT molecular complexity index is 1520. The van der Waals surface area contributed by atoms with Crippen LogP contribution in [0.5, 0.6) is 11.5 Å². The van der Waals surface area contributed by atoms with E-state index in [2.05, 4.69) is 72.8 Å². The lowest BCUT2D eigenvalue weighted by molar-refractivity contribution is 0.223. The number of benzene rings is 4. The summed E-state index contributed by atoms with van der Waals surface area (Å²) in [4.78, 5) is 0. The van der Waals surface area contributed by atoms with E-state index in [0.717, 1.165) is 30.3 Å². The minimum absolute atomic E-state index is 0.161. The summed E-state index contributed by atoms with van der Waals surface area (Å²) in [6.07, 6.45) is 16.6. The third-order valence-corrected chi connectivity index (χ3v) is 10.8. The zero-order valence-electron chi connectivity index (χ0n) is 25.5. The van der Waals surface area contributed by atoms with Crippen LogP contribution >= 0.6 is 0 Å². The normalized spacial score (nSPS) is 18.9. The first-order valence-corrected chi connectivity index (χ1v) is 17.1. The number of hydrogen-bond acceptors (Lipinski definition) is 2. The summed E-state index contributed by atoms with van der Waals surface area (Å²) in [6.45, 7) is 1.24. The fraction of sp³-hybridized carbons (Fsp3) is 0.415. The molecule has 1 heterocycles. The van der Waals surface area contributed by atoms with Crippen molar-refractivity contribution in [1.29, 1.82) is 0 Å². The summed E-state index contributed by atoms with van der Waals surface area (Å²) < 4.78 is 13.6. The second kappa shape index (κ2) is 11.9. The molecule has 2 nitrogen and oxygen atoms in total. The third-order valence-electron chi connectivity index (χ3n) is 10.8. The van der Waals surface area contributed by atoms with Crippen LogP contribution in [0.25, 0.3) is 22.3 Å². The van der Waals surface area contributed by atoms with Crippen molar-refractivity contribution in [1.82, 2.24) is 0 Å². The molecule has 1 saturated carbocycles. The predicted molar refractivity (Wildman–Crippen MR) is 177 cm³/mol. The molecule has 4 aromatic carbocycles. The van der Waals surface area contributed by atoms with Gasteiger partial charge in [-0.15, -0.1) is 0 Å². The van der Waals surface area contributed by atoms with E-state index in [0.29, 0.717) is 13.2 Å². The van der Waals surface area contributed by atoms with E-state index in [4.69, 9.17) is 9.47 Å². The number of rotatable bonds is 3. The molecule has 0 saturated heterocycles. The van der Waals surface area contributed by atoms with E-state index in [1.165, 1.54) is 126 Å². The zero-order chi connectivity index (χ0) is 28.6. The fourth-order valence-corrected chi connectivity index (χ4v) is 8.35. The highest BCUT2D eigenvalue weighted by Gasteiger charge is 2.28. The summed E-state index contributed by atoms with van der Waals surface area (Å²) in [6, 6.07) is 27.7. The van der Waals surface area contributed by atoms with Crippen LogP contribution in [0.1, 0.15) is 103 Å². The van der Waals surface area contributed by atoms with Gasteiger partial charge in [-0.25, -0.2) is 0 Å². The molecule has 0 aromatic heterocycles. The van der Waals surface area contributed by atoms with E-state index in [-0.39, 0.29) is 5.92 Å². The summed E-state index contributed by atoms with van der Waals surface area (Å²) in [5.74, 6) is 3.01. The molecule has 0 radical (unpaired) electrons. The van der Waals surface area contributed by atoms with Crippen LogP contribution < -0.4 is 9.47 Å². The Balaban J connectivity index is 1.10. The van der Waals surface area contributed by atoms with Crippen molar-refractivity contribution in [3.05, 3.63) is 106 Å². The molecule has 4 aliphatic rings. The molecule has 3 aliphatic carbocycles. The fourth-order valence-electron chi connectivity index (χ4n) is 8.35. The molecule has 4 aromatic rings. The van der Waals surface area contributed by atoms with Crippen molar-refractivity contribution in [3.63, 3.8) is 0 Å². The van der Waals surface area contributed by atoms with Crippen LogP contribution in [0, 0.1) is 0 Å². The Labute approximate surface area is 257 Å². The topological polar surface area (TPSA) is 18.5 Å². The van der Waals surface area contributed by atoms with Gasteiger partial charge in [0.2, 0.25) is 0 Å². The highest BCUT2D eigenvalue weighted by atomic mass is 16.5. The summed E-state index contributed by atoms with van der Waals surface area (Å²) in [7, 11) is 0. The molecule has 1 aliphatic heterocycles. The number of fused-ring (bicyclic) bond motifs is 7. The van der Waals surface area contributed by atoms with Crippen molar-refractivity contribution < 1.29 is 9.47 Å². The standard InChI is InChI=1S/C41H44O2/c1-2-8-28(9-3-1)29-14-16-30(17-15-29)31-18-20-32(21-19-31)35-26-42-38-24-22-33-10-4-6-12-36(33)40(38)41-37-13-7-5-11-34(37)23-25-39(41)43-27-35/h14-25,28,35H,1-13,26-27H2. The van der Waals surface area contributed by atoms with Gasteiger partial charge in [0, 0.05) is 11.1 Å². The highest BCUT2D eigenvalue weighted by molar-refractivity contribution is 5.84. The average molecular weight is 569 g/mol. The molecule has 0 unspecified atom stereocenters. The number of ether oxygens (including phenoxy) is 2. The first-order chi connectivity index (χ1) is 21.3. The molecule has 0 atom stereocenters. The molecular weight excluding hydrogens is 524 g/mol. The lowest BCUT2D eigenvalue weighted by Crippen LogP contribution is -2.17. The Morgan fingerprint density at radius 3 is 1.40 bits per heavy atom. The summed E-state index contributed by atoms with van der Waals surface area (Å²) in [5, 5.41) is 0. The first-order valence-electron chi connectivity index (χ1n) is 17.1. The van der Waals surface area contributed by atoms with Crippen molar-refractivity contribution in [2.75, 3.05) is 13.2 Å². The van der Waals surface area contributed by atoms with Crippen LogP contribution in [0.15, 0.2) is 72.8 Å². The lowest BCUT2D eigenvalue weighted by Gasteiger charge is -2.27. The van der Waals surface area contributed by atoms with E-state index in [1.807, 2.05) is 0 Å². The van der Waals surface area contributed by atoms with Crippen molar-refractivity contribution in [3.8, 4) is 33.8 Å². The van der Waals surface area contributed by atoms with Gasteiger partial charge in [-0.3, -0.25) is 0 Å². The molecule has 0 bridgehead atoms. The van der Waals surface area contributed by atoms with Crippen LogP contribution in [0.2, 0.25) is 0 Å². The van der Waals surface area contributed by atoms with Gasteiger partial charge in [-0.1, -0.05) is 79.9 Å². The molecule has 220 valence electrons. The van der Waals surface area contributed by atoms with Gasteiger partial charge in [0.1, 0.15) is 11.5 Å². The van der Waals surface area contributed by atoms with E-state index in [1.54, 1.807) is 0 Å². The smallest absolute Gasteiger partial charge is 0.127 e. The monoisotopic (exact) mass is 568 g/mol. The summed E-state index contributed by atoms with van der Waals surface area (Å²) in [5.41, 5.74) is 14.1. The first kappa shape index (κ1) is 27.1. The third kappa shape index (κ3) is 5.28. The maximum Gasteiger partial charge on any atom is 0.127 e. The van der Waals surface area contributed by atoms with Crippen molar-refractivity contribution >= 4 is 0 Å². The second-order valence-electron chi connectivity index (χ2n) is 13.5. The second-order valence-corrected chi connectivity index (χ2v) is 13.5. The maximum absolute atomic E-state index is 6.80. The van der Waals surface area contributed by atoms with Crippen LogP contribution in [0.4, 0.5) is 0 Å². The Hall–Kier alpha value is -3.52. The van der Waals surface area contributed by atoms with Gasteiger partial charge in [-0.2, -0.15) is 0 Å². The van der Waals surface area contributed by atoms with Gasteiger partial charge in [0.05, 0.1) is 19.1 Å². The van der Waals surface area contributed by atoms with E-state index >= 15 is 0 Å². The quantitative estimate of drug-likeness (QED) is 0.245. The largest absolute Gasteiger partial charge is 0.492 e. The average Bonchev–Trinajstić information content (AvgIpc) is 3.17. The number of hydrogen-bond donors (Lipinski definition) is 0. The van der Waals surface area contributed by atoms with Gasteiger partial charge < -0.3 is 9.47 Å².